The summed E-state index contributed by atoms with van der Waals surface area (Å²) in [5.41, 5.74) is 3.15. The second-order valence-electron chi connectivity index (χ2n) is 4.73. The van der Waals surface area contributed by atoms with Crippen molar-refractivity contribution >= 4 is 11.8 Å². The number of para-hydroxylation sites is 1. The molecule has 1 heterocycles. The van der Waals surface area contributed by atoms with Crippen LogP contribution in [0.15, 0.2) is 54.6 Å². The Labute approximate surface area is 117 Å². The largest absolute Gasteiger partial charge is 0.445 e. The number of carbonyl (C=O) groups is 1. The molecule has 0 spiro atoms. The summed E-state index contributed by atoms with van der Waals surface area (Å²) in [4.78, 5) is 11.8. The second kappa shape index (κ2) is 5.65. The molecule has 1 unspecified atom stereocenters. The molecule has 1 aliphatic heterocycles. The van der Waals surface area contributed by atoms with E-state index in [1.165, 1.54) is 0 Å². The molecular formula is C16H16N2O2. The zero-order valence-corrected chi connectivity index (χ0v) is 11.0. The third-order valence-corrected chi connectivity index (χ3v) is 3.34. The van der Waals surface area contributed by atoms with E-state index in [1.807, 2.05) is 54.6 Å². The number of amides is 1. The van der Waals surface area contributed by atoms with Crippen LogP contribution in [0.2, 0.25) is 0 Å². The molecule has 2 N–H and O–H groups in total. The molecule has 1 atom stereocenters. The molecule has 0 bridgehead atoms. The number of carbonyl (C=O) groups excluding carboxylic acids is 1. The molecule has 3 rings (SSSR count). The van der Waals surface area contributed by atoms with Crippen molar-refractivity contribution in [3.05, 3.63) is 65.7 Å². The molecule has 0 aliphatic carbocycles. The number of hydrogen-bond donors (Lipinski definition) is 2. The predicted octanol–water partition coefficient (Wildman–Crippen LogP) is 3.08. The topological polar surface area (TPSA) is 50.4 Å². The van der Waals surface area contributed by atoms with Crippen LogP contribution in [-0.4, -0.2) is 12.6 Å². The Hall–Kier alpha value is -2.49. The average Bonchev–Trinajstić information content (AvgIpc) is 2.90. The van der Waals surface area contributed by atoms with E-state index in [1.54, 1.807) is 0 Å². The number of alkyl carbamates (subject to hydrolysis) is 1. The molecule has 0 aromatic heterocycles. The monoisotopic (exact) mass is 268 g/mol. The second-order valence-corrected chi connectivity index (χ2v) is 4.73. The summed E-state index contributed by atoms with van der Waals surface area (Å²) in [6.07, 6.45) is -0.391. The van der Waals surface area contributed by atoms with Crippen molar-refractivity contribution in [1.82, 2.24) is 5.32 Å². The molecular weight excluding hydrogens is 252 g/mol. The van der Waals surface area contributed by atoms with Gasteiger partial charge in [-0.1, -0.05) is 48.5 Å². The normalized spacial score (nSPS) is 16.1. The Morgan fingerprint density at radius 3 is 2.75 bits per heavy atom. The van der Waals surface area contributed by atoms with Gasteiger partial charge in [-0.05, 0) is 17.2 Å². The van der Waals surface area contributed by atoms with Gasteiger partial charge in [0, 0.05) is 12.2 Å². The maximum Gasteiger partial charge on any atom is 0.408 e. The maximum atomic E-state index is 11.8. The number of nitrogens with one attached hydrogen (secondary N) is 2. The van der Waals surface area contributed by atoms with Gasteiger partial charge in [-0.15, -0.1) is 0 Å². The minimum Gasteiger partial charge on any atom is -0.445 e. The molecule has 2 aromatic carbocycles. The summed E-state index contributed by atoms with van der Waals surface area (Å²) in [6.45, 7) is 0.980. The third kappa shape index (κ3) is 2.74. The van der Waals surface area contributed by atoms with Crippen LogP contribution in [0.5, 0.6) is 0 Å². The summed E-state index contributed by atoms with van der Waals surface area (Å²) in [6, 6.07) is 17.6. The molecule has 0 radical (unpaired) electrons. The van der Waals surface area contributed by atoms with Crippen LogP contribution < -0.4 is 10.6 Å². The molecule has 4 heteroatoms. The van der Waals surface area contributed by atoms with E-state index >= 15 is 0 Å². The van der Waals surface area contributed by atoms with Gasteiger partial charge in [-0.2, -0.15) is 0 Å². The molecule has 2 aromatic rings. The summed E-state index contributed by atoms with van der Waals surface area (Å²) >= 11 is 0. The van der Waals surface area contributed by atoms with Crippen LogP contribution in [0.1, 0.15) is 17.2 Å². The molecule has 20 heavy (non-hydrogen) atoms. The van der Waals surface area contributed by atoms with Gasteiger partial charge in [-0.25, -0.2) is 4.79 Å². The number of rotatable bonds is 3. The van der Waals surface area contributed by atoms with Crippen molar-refractivity contribution in [3.63, 3.8) is 0 Å². The number of benzene rings is 2. The highest BCUT2D eigenvalue weighted by Gasteiger charge is 2.23. The Morgan fingerprint density at radius 1 is 1.15 bits per heavy atom. The van der Waals surface area contributed by atoms with Gasteiger partial charge in [0.15, 0.2) is 0 Å². The van der Waals surface area contributed by atoms with Gasteiger partial charge in [-0.3, -0.25) is 0 Å². The molecule has 1 amide bonds. The first-order chi connectivity index (χ1) is 9.83. The van der Waals surface area contributed by atoms with Crippen LogP contribution in [0.25, 0.3) is 0 Å². The van der Waals surface area contributed by atoms with Crippen molar-refractivity contribution in [2.24, 2.45) is 0 Å². The highest BCUT2D eigenvalue weighted by molar-refractivity contribution is 5.70. The van der Waals surface area contributed by atoms with Gasteiger partial charge >= 0.3 is 6.09 Å². The highest BCUT2D eigenvalue weighted by Crippen LogP contribution is 2.28. The molecule has 0 saturated heterocycles. The fraction of sp³-hybridized carbons (Fsp3) is 0.188. The average molecular weight is 268 g/mol. The lowest BCUT2D eigenvalue weighted by atomic mass is 10.1. The summed E-state index contributed by atoms with van der Waals surface area (Å²) in [5.74, 6) is 0. The van der Waals surface area contributed by atoms with E-state index in [0.29, 0.717) is 6.54 Å². The fourth-order valence-corrected chi connectivity index (χ4v) is 2.32. The van der Waals surface area contributed by atoms with Gasteiger partial charge < -0.3 is 15.4 Å². The first-order valence-electron chi connectivity index (χ1n) is 6.63. The van der Waals surface area contributed by atoms with E-state index < -0.39 is 6.09 Å². The minimum atomic E-state index is -0.391. The number of anilines is 1. The number of fused-ring (bicyclic) bond motifs is 1. The summed E-state index contributed by atoms with van der Waals surface area (Å²) in [7, 11) is 0. The Kier molecular flexibility index (Phi) is 3.54. The molecule has 0 saturated carbocycles. The van der Waals surface area contributed by atoms with Crippen LogP contribution in [0.4, 0.5) is 10.5 Å². The van der Waals surface area contributed by atoms with E-state index in [2.05, 4.69) is 10.6 Å². The maximum absolute atomic E-state index is 11.8. The molecule has 0 fully saturated rings. The summed E-state index contributed by atoms with van der Waals surface area (Å²) < 4.78 is 5.23. The lowest BCUT2D eigenvalue weighted by Gasteiger charge is -2.13. The van der Waals surface area contributed by atoms with Gasteiger partial charge in [0.2, 0.25) is 0 Å². The first-order valence-corrected chi connectivity index (χ1v) is 6.63. The molecule has 102 valence electrons. The lowest BCUT2D eigenvalue weighted by molar-refractivity contribution is 0.136. The van der Waals surface area contributed by atoms with E-state index in [0.717, 1.165) is 16.8 Å². The van der Waals surface area contributed by atoms with Crippen molar-refractivity contribution in [1.29, 1.82) is 0 Å². The lowest BCUT2D eigenvalue weighted by Crippen LogP contribution is -2.30. The fourth-order valence-electron chi connectivity index (χ4n) is 2.32. The molecule has 4 nitrogen and oxygen atoms in total. The highest BCUT2D eigenvalue weighted by atomic mass is 16.5. The van der Waals surface area contributed by atoms with Crippen LogP contribution in [-0.2, 0) is 11.3 Å². The SMILES string of the molecule is O=C(NC1CNc2ccccc21)OCc1ccccc1. The van der Waals surface area contributed by atoms with Crippen LogP contribution in [0.3, 0.4) is 0 Å². The van der Waals surface area contributed by atoms with Crippen LogP contribution >= 0.6 is 0 Å². The van der Waals surface area contributed by atoms with Gasteiger partial charge in [0.1, 0.15) is 6.61 Å². The van der Waals surface area contributed by atoms with Gasteiger partial charge in [0.25, 0.3) is 0 Å². The zero-order valence-electron chi connectivity index (χ0n) is 11.0. The van der Waals surface area contributed by atoms with Crippen molar-refractivity contribution in [3.8, 4) is 0 Å². The Balaban J connectivity index is 1.55. The van der Waals surface area contributed by atoms with Gasteiger partial charge in [0.05, 0.1) is 6.04 Å². The number of hydrogen-bond acceptors (Lipinski definition) is 3. The van der Waals surface area contributed by atoms with E-state index in [-0.39, 0.29) is 12.6 Å². The smallest absolute Gasteiger partial charge is 0.408 e. The van der Waals surface area contributed by atoms with E-state index in [9.17, 15) is 4.79 Å². The van der Waals surface area contributed by atoms with Crippen molar-refractivity contribution < 1.29 is 9.53 Å². The van der Waals surface area contributed by atoms with Crippen LogP contribution in [0, 0.1) is 0 Å². The zero-order chi connectivity index (χ0) is 13.8. The summed E-state index contributed by atoms with van der Waals surface area (Å²) in [5, 5.41) is 6.14. The van der Waals surface area contributed by atoms with Crippen molar-refractivity contribution in [2.75, 3.05) is 11.9 Å². The number of ether oxygens (including phenoxy) is 1. The quantitative estimate of drug-likeness (QED) is 0.899. The minimum absolute atomic E-state index is 0.0329. The standard InChI is InChI=1S/C16H16N2O2/c19-16(20-11-12-6-2-1-3-7-12)18-15-10-17-14-9-5-4-8-13(14)15/h1-9,15,17H,10-11H2,(H,18,19). The Morgan fingerprint density at radius 2 is 1.90 bits per heavy atom. The third-order valence-electron chi connectivity index (χ3n) is 3.34. The first kappa shape index (κ1) is 12.5. The Bertz CT molecular complexity index is 598. The van der Waals surface area contributed by atoms with E-state index in [4.69, 9.17) is 4.74 Å². The molecule has 1 aliphatic rings. The van der Waals surface area contributed by atoms with Crippen molar-refractivity contribution in [2.45, 2.75) is 12.6 Å². The predicted molar refractivity (Wildman–Crippen MR) is 77.4 cm³/mol.